The predicted octanol–water partition coefficient (Wildman–Crippen LogP) is -0.611. The summed E-state index contributed by atoms with van der Waals surface area (Å²) in [7, 11) is 0. The number of carbonyl (C=O) groups excluding carboxylic acids is 4. The van der Waals surface area contributed by atoms with Gasteiger partial charge in [-0.25, -0.2) is 0 Å². The highest BCUT2D eigenvalue weighted by molar-refractivity contribution is 5.95. The van der Waals surface area contributed by atoms with Crippen LogP contribution in [0.4, 0.5) is 0 Å². The van der Waals surface area contributed by atoms with Crippen molar-refractivity contribution in [2.24, 2.45) is 11.7 Å². The number of aromatic amines is 1. The number of benzene rings is 1. The molecule has 2 aromatic rings. The number of nitrogens with one attached hydrogen (secondary N) is 5. The minimum atomic E-state index is -1.22. The van der Waals surface area contributed by atoms with Gasteiger partial charge in [-0.15, -0.1) is 0 Å². The molecule has 196 valence electrons. The van der Waals surface area contributed by atoms with Crippen LogP contribution in [0.25, 0.3) is 10.9 Å². The summed E-state index contributed by atoms with van der Waals surface area (Å²) in [5.74, 6) is -3.92. The molecule has 12 nitrogen and oxygen atoms in total. The molecule has 1 aromatic carbocycles. The average Bonchev–Trinajstić information content (AvgIpc) is 3.23. The lowest BCUT2D eigenvalue weighted by Crippen LogP contribution is -2.58. The van der Waals surface area contributed by atoms with Crippen LogP contribution in [0.15, 0.2) is 30.5 Å². The van der Waals surface area contributed by atoms with E-state index in [1.54, 1.807) is 20.0 Å². The molecular formula is C24H34N6O6. The predicted molar refractivity (Wildman–Crippen MR) is 133 cm³/mol. The number of hydrogen-bond donors (Lipinski definition) is 7. The van der Waals surface area contributed by atoms with Crippen LogP contribution in [-0.2, 0) is 30.4 Å². The normalized spacial score (nSPS) is 14.4. The van der Waals surface area contributed by atoms with E-state index >= 15 is 0 Å². The zero-order valence-electron chi connectivity index (χ0n) is 20.8. The summed E-state index contributed by atoms with van der Waals surface area (Å²) in [5, 5.41) is 20.1. The number of amides is 4. The molecule has 12 heteroatoms. The van der Waals surface area contributed by atoms with Gasteiger partial charge in [0.25, 0.3) is 0 Å². The van der Waals surface area contributed by atoms with Gasteiger partial charge in [-0.05, 0) is 31.4 Å². The molecule has 0 aliphatic heterocycles. The molecule has 1 heterocycles. The van der Waals surface area contributed by atoms with Gasteiger partial charge in [0, 0.05) is 23.5 Å². The minimum Gasteiger partial charge on any atom is -0.480 e. The molecule has 8 N–H and O–H groups in total. The molecule has 0 saturated heterocycles. The van der Waals surface area contributed by atoms with Crippen LogP contribution in [0.1, 0.15) is 33.3 Å². The summed E-state index contributed by atoms with van der Waals surface area (Å²) in [5.41, 5.74) is 6.90. The van der Waals surface area contributed by atoms with Gasteiger partial charge in [-0.3, -0.25) is 24.0 Å². The second-order valence-corrected chi connectivity index (χ2v) is 8.92. The first kappa shape index (κ1) is 28.3. The van der Waals surface area contributed by atoms with Gasteiger partial charge in [0.2, 0.25) is 23.6 Å². The van der Waals surface area contributed by atoms with Crippen LogP contribution in [0.3, 0.4) is 0 Å². The monoisotopic (exact) mass is 502 g/mol. The standard InChI is InChI=1S/C24H34N6O6/c1-12(2)20(30-19(31)10-25)23(34)27-13(3)21(32)29-18(22(33)28-14(4)24(35)36)9-15-11-26-17-8-6-5-7-16(15)17/h5-8,11-14,18,20,26H,9-10,25H2,1-4H3,(H,27,34)(H,28,33)(H,29,32)(H,30,31)(H,35,36)/t13-,14-,18-,20-/m0/s1. The Morgan fingerprint density at radius 1 is 0.889 bits per heavy atom. The largest absolute Gasteiger partial charge is 0.480 e. The molecule has 0 aliphatic carbocycles. The molecule has 0 bridgehead atoms. The van der Waals surface area contributed by atoms with Gasteiger partial charge in [0.15, 0.2) is 0 Å². The van der Waals surface area contributed by atoms with Crippen molar-refractivity contribution in [3.63, 3.8) is 0 Å². The number of rotatable bonds is 12. The summed E-state index contributed by atoms with van der Waals surface area (Å²) in [4.78, 5) is 64.5. The average molecular weight is 503 g/mol. The first-order chi connectivity index (χ1) is 16.9. The van der Waals surface area contributed by atoms with Crippen molar-refractivity contribution in [3.05, 3.63) is 36.0 Å². The fourth-order valence-electron chi connectivity index (χ4n) is 3.54. The Morgan fingerprint density at radius 2 is 1.53 bits per heavy atom. The molecule has 0 spiro atoms. The number of hydrogen-bond acceptors (Lipinski definition) is 6. The van der Waals surface area contributed by atoms with E-state index in [0.29, 0.717) is 0 Å². The molecule has 4 amide bonds. The van der Waals surface area contributed by atoms with E-state index in [1.165, 1.54) is 13.8 Å². The Bertz CT molecular complexity index is 1110. The number of carboxylic acids is 1. The quantitative estimate of drug-likeness (QED) is 0.201. The maximum absolute atomic E-state index is 12.9. The first-order valence-corrected chi connectivity index (χ1v) is 11.6. The minimum absolute atomic E-state index is 0.0791. The van der Waals surface area contributed by atoms with E-state index in [1.807, 2.05) is 24.3 Å². The number of para-hydroxylation sites is 1. The van der Waals surface area contributed by atoms with Gasteiger partial charge in [0.1, 0.15) is 24.2 Å². The Labute approximate surface area is 208 Å². The molecule has 1 aromatic heterocycles. The van der Waals surface area contributed by atoms with Gasteiger partial charge in [-0.1, -0.05) is 32.0 Å². The Morgan fingerprint density at radius 3 is 2.14 bits per heavy atom. The molecular weight excluding hydrogens is 468 g/mol. The van der Waals surface area contributed by atoms with Crippen LogP contribution in [0.5, 0.6) is 0 Å². The highest BCUT2D eigenvalue weighted by Gasteiger charge is 2.30. The van der Waals surface area contributed by atoms with Crippen molar-refractivity contribution >= 4 is 40.5 Å². The summed E-state index contributed by atoms with van der Waals surface area (Å²) in [6, 6.07) is 3.18. The van der Waals surface area contributed by atoms with E-state index < -0.39 is 53.8 Å². The highest BCUT2D eigenvalue weighted by atomic mass is 16.4. The molecule has 0 saturated carbocycles. The van der Waals surface area contributed by atoms with Crippen molar-refractivity contribution in [2.45, 2.75) is 58.3 Å². The van der Waals surface area contributed by atoms with E-state index in [9.17, 15) is 24.0 Å². The van der Waals surface area contributed by atoms with Gasteiger partial charge in [0.05, 0.1) is 6.54 Å². The lowest BCUT2D eigenvalue weighted by atomic mass is 10.0. The molecule has 2 rings (SSSR count). The zero-order chi connectivity index (χ0) is 27.0. The van der Waals surface area contributed by atoms with Gasteiger partial charge in [-0.2, -0.15) is 0 Å². The Hall–Kier alpha value is -3.93. The molecule has 36 heavy (non-hydrogen) atoms. The van der Waals surface area contributed by atoms with Crippen molar-refractivity contribution in [1.82, 2.24) is 26.3 Å². The molecule has 0 fully saturated rings. The lowest BCUT2D eigenvalue weighted by Gasteiger charge is -2.25. The Balaban J connectivity index is 2.18. The van der Waals surface area contributed by atoms with Gasteiger partial charge < -0.3 is 37.1 Å². The van der Waals surface area contributed by atoms with Crippen LogP contribution in [0.2, 0.25) is 0 Å². The summed E-state index contributed by atoms with van der Waals surface area (Å²) in [6.45, 7) is 5.94. The number of carboxylic acid groups (broad SMARTS) is 1. The number of fused-ring (bicyclic) bond motifs is 1. The lowest BCUT2D eigenvalue weighted by molar-refractivity contribution is -0.141. The smallest absolute Gasteiger partial charge is 0.325 e. The molecule has 0 aliphatic rings. The third-order valence-corrected chi connectivity index (χ3v) is 5.66. The zero-order valence-corrected chi connectivity index (χ0v) is 20.8. The third kappa shape index (κ3) is 7.54. The molecule has 4 atom stereocenters. The number of carbonyl (C=O) groups is 5. The first-order valence-electron chi connectivity index (χ1n) is 11.6. The van der Waals surface area contributed by atoms with E-state index in [0.717, 1.165) is 16.5 Å². The number of H-pyrrole nitrogens is 1. The maximum atomic E-state index is 12.9. The van der Waals surface area contributed by atoms with Crippen LogP contribution < -0.4 is 27.0 Å². The van der Waals surface area contributed by atoms with E-state index in [4.69, 9.17) is 10.8 Å². The third-order valence-electron chi connectivity index (χ3n) is 5.66. The number of nitrogens with two attached hydrogens (primary N) is 1. The fourth-order valence-corrected chi connectivity index (χ4v) is 3.54. The van der Waals surface area contributed by atoms with E-state index in [-0.39, 0.29) is 18.9 Å². The molecule has 0 radical (unpaired) electrons. The summed E-state index contributed by atoms with van der Waals surface area (Å²) >= 11 is 0. The van der Waals surface area contributed by atoms with Gasteiger partial charge >= 0.3 is 5.97 Å². The maximum Gasteiger partial charge on any atom is 0.325 e. The van der Waals surface area contributed by atoms with Crippen molar-refractivity contribution in [1.29, 1.82) is 0 Å². The summed E-state index contributed by atoms with van der Waals surface area (Å²) < 4.78 is 0. The van der Waals surface area contributed by atoms with Crippen LogP contribution in [0, 0.1) is 5.92 Å². The van der Waals surface area contributed by atoms with Crippen molar-refractivity contribution in [3.8, 4) is 0 Å². The second-order valence-electron chi connectivity index (χ2n) is 8.92. The van der Waals surface area contributed by atoms with Crippen LogP contribution in [-0.4, -0.2) is 70.4 Å². The number of aromatic nitrogens is 1. The second kappa shape index (κ2) is 12.7. The topological polar surface area (TPSA) is 196 Å². The fraction of sp³-hybridized carbons (Fsp3) is 0.458. The molecule has 0 unspecified atom stereocenters. The van der Waals surface area contributed by atoms with Crippen molar-refractivity contribution < 1.29 is 29.1 Å². The van der Waals surface area contributed by atoms with E-state index in [2.05, 4.69) is 26.3 Å². The highest BCUT2D eigenvalue weighted by Crippen LogP contribution is 2.19. The summed E-state index contributed by atoms with van der Waals surface area (Å²) in [6.07, 6.45) is 1.80. The van der Waals surface area contributed by atoms with Crippen molar-refractivity contribution in [2.75, 3.05) is 6.54 Å². The SMILES string of the molecule is CC(C)[C@H](NC(=O)CN)C(=O)N[C@@H](C)C(=O)N[C@@H](Cc1c[nH]c2ccccc12)C(=O)N[C@@H](C)C(=O)O. The van der Waals surface area contributed by atoms with Crippen LogP contribution >= 0.6 is 0 Å². The number of aliphatic carboxylic acids is 1. The Kier molecular flexibility index (Phi) is 9.97.